The Kier molecular flexibility index (Phi) is 6.73. The molecule has 3 aliphatic rings. The second kappa shape index (κ2) is 9.44. The van der Waals surface area contributed by atoms with Crippen molar-refractivity contribution in [1.29, 1.82) is 0 Å². The molecule has 3 aliphatic carbocycles. The topological polar surface area (TPSA) is 9.23 Å². The number of benzene rings is 1. The van der Waals surface area contributed by atoms with Gasteiger partial charge in [-0.05, 0) is 112 Å². The lowest BCUT2D eigenvalue weighted by Gasteiger charge is -2.44. The molecule has 0 saturated heterocycles. The first kappa shape index (κ1) is 20.0. The zero-order valence-corrected chi connectivity index (χ0v) is 17.9. The lowest BCUT2D eigenvalue weighted by Crippen LogP contribution is -2.37. The van der Waals surface area contributed by atoms with Crippen molar-refractivity contribution in [2.24, 2.45) is 23.7 Å². The molecule has 2 saturated carbocycles. The maximum atomic E-state index is 6.09. The van der Waals surface area contributed by atoms with E-state index in [9.17, 15) is 0 Å². The van der Waals surface area contributed by atoms with Crippen LogP contribution >= 0.6 is 0 Å². The number of fused-ring (bicyclic) bond motifs is 2. The van der Waals surface area contributed by atoms with Crippen LogP contribution < -0.4 is 0 Å². The number of rotatable bonds is 5. The van der Waals surface area contributed by atoms with Crippen LogP contribution in [0.4, 0.5) is 0 Å². The first-order valence-electron chi connectivity index (χ1n) is 11.7. The fourth-order valence-corrected chi connectivity index (χ4v) is 6.25. The predicted molar refractivity (Wildman–Crippen MR) is 119 cm³/mol. The van der Waals surface area contributed by atoms with E-state index in [1.807, 2.05) is 0 Å². The number of ether oxygens (including phenoxy) is 1. The molecule has 0 spiro atoms. The van der Waals surface area contributed by atoms with Crippen molar-refractivity contribution in [2.45, 2.75) is 77.7 Å². The summed E-state index contributed by atoms with van der Waals surface area (Å²) in [6.45, 7) is 4.98. The zero-order chi connectivity index (χ0) is 19.3. The van der Waals surface area contributed by atoms with E-state index in [1.54, 1.807) is 11.1 Å². The van der Waals surface area contributed by atoms with Crippen LogP contribution in [-0.2, 0) is 17.6 Å². The number of allylic oxidation sites excluding steroid dienone is 2. The average molecular weight is 379 g/mol. The van der Waals surface area contributed by atoms with Crippen LogP contribution in [0.3, 0.4) is 0 Å². The molecule has 2 fully saturated rings. The zero-order valence-electron chi connectivity index (χ0n) is 17.9. The first-order chi connectivity index (χ1) is 13.8. The van der Waals surface area contributed by atoms with Crippen LogP contribution in [0.5, 0.6) is 0 Å². The Hall–Kier alpha value is -1.34. The molecule has 0 amide bonds. The van der Waals surface area contributed by atoms with Crippen LogP contribution in [0, 0.1) is 23.7 Å². The standard InChI is InChI=1S/C27H38O/c1-3-5-15-28-27-14-13-25-18-24(11-12-26(25)19-27)23-10-9-21-16-20(6-4-2)7-8-22(21)17-23/h3-8,16,23-27H,9-15,17-19H2,1-2H3/t23?,24?,25-,26?,27-/m1/s1. The van der Waals surface area contributed by atoms with Crippen LogP contribution in [0.25, 0.3) is 6.08 Å². The molecule has 0 aromatic heterocycles. The fraction of sp³-hybridized carbons (Fsp3) is 0.630. The maximum Gasteiger partial charge on any atom is 0.0651 e. The van der Waals surface area contributed by atoms with Gasteiger partial charge in [-0.3, -0.25) is 0 Å². The molecule has 4 rings (SSSR count). The number of hydrogen-bond acceptors (Lipinski definition) is 1. The molecule has 1 aromatic carbocycles. The van der Waals surface area contributed by atoms with Crippen molar-refractivity contribution in [3.8, 4) is 0 Å². The molecule has 28 heavy (non-hydrogen) atoms. The van der Waals surface area contributed by atoms with Gasteiger partial charge < -0.3 is 4.74 Å². The van der Waals surface area contributed by atoms with Crippen molar-refractivity contribution in [3.05, 3.63) is 53.1 Å². The summed E-state index contributed by atoms with van der Waals surface area (Å²) in [4.78, 5) is 0. The van der Waals surface area contributed by atoms with Gasteiger partial charge in [0, 0.05) is 0 Å². The van der Waals surface area contributed by atoms with E-state index in [1.165, 1.54) is 63.4 Å². The largest absolute Gasteiger partial charge is 0.374 e. The van der Waals surface area contributed by atoms with Crippen molar-refractivity contribution >= 4 is 6.08 Å². The number of aryl methyl sites for hydroxylation is 1. The molecule has 0 radical (unpaired) electrons. The average Bonchev–Trinajstić information content (AvgIpc) is 2.73. The molecule has 5 atom stereocenters. The third-order valence-corrected chi connectivity index (χ3v) is 7.79. The highest BCUT2D eigenvalue weighted by atomic mass is 16.5. The van der Waals surface area contributed by atoms with Gasteiger partial charge in [-0.25, -0.2) is 0 Å². The minimum absolute atomic E-state index is 0.516. The highest BCUT2D eigenvalue weighted by Gasteiger charge is 2.38. The Bertz CT molecular complexity index is 700. The molecular formula is C27H38O. The summed E-state index contributed by atoms with van der Waals surface area (Å²) >= 11 is 0. The monoisotopic (exact) mass is 378 g/mol. The lowest BCUT2D eigenvalue weighted by molar-refractivity contribution is -0.0138. The van der Waals surface area contributed by atoms with E-state index in [2.05, 4.69) is 56.4 Å². The molecule has 0 N–H and O–H groups in total. The summed E-state index contributed by atoms with van der Waals surface area (Å²) in [6.07, 6.45) is 21.5. The predicted octanol–water partition coefficient (Wildman–Crippen LogP) is 7.00. The summed E-state index contributed by atoms with van der Waals surface area (Å²) in [5, 5.41) is 0. The highest BCUT2D eigenvalue weighted by molar-refractivity contribution is 5.52. The Labute approximate surface area is 172 Å². The number of hydrogen-bond donors (Lipinski definition) is 0. The second-order valence-corrected chi connectivity index (χ2v) is 9.46. The molecule has 3 unspecified atom stereocenters. The Morgan fingerprint density at radius 2 is 1.64 bits per heavy atom. The molecule has 0 heterocycles. The van der Waals surface area contributed by atoms with Gasteiger partial charge in [-0.2, -0.15) is 0 Å². The van der Waals surface area contributed by atoms with E-state index in [0.717, 1.165) is 30.3 Å². The van der Waals surface area contributed by atoms with Gasteiger partial charge in [0.05, 0.1) is 12.7 Å². The third-order valence-electron chi connectivity index (χ3n) is 7.79. The van der Waals surface area contributed by atoms with E-state index in [0.29, 0.717) is 6.10 Å². The van der Waals surface area contributed by atoms with Crippen molar-refractivity contribution in [3.63, 3.8) is 0 Å². The molecule has 1 aromatic rings. The Balaban J connectivity index is 1.32. The molecule has 1 nitrogen and oxygen atoms in total. The molecule has 152 valence electrons. The minimum Gasteiger partial charge on any atom is -0.374 e. The molecule has 1 heteroatoms. The first-order valence-corrected chi connectivity index (χ1v) is 11.7. The minimum atomic E-state index is 0.516. The lowest BCUT2D eigenvalue weighted by atomic mass is 9.62. The smallest absolute Gasteiger partial charge is 0.0651 e. The fourth-order valence-electron chi connectivity index (χ4n) is 6.25. The Morgan fingerprint density at radius 1 is 0.857 bits per heavy atom. The second-order valence-electron chi connectivity index (χ2n) is 9.46. The van der Waals surface area contributed by atoms with E-state index >= 15 is 0 Å². The summed E-state index contributed by atoms with van der Waals surface area (Å²) in [7, 11) is 0. The van der Waals surface area contributed by atoms with E-state index in [4.69, 9.17) is 4.74 Å². The van der Waals surface area contributed by atoms with Crippen molar-refractivity contribution in [1.82, 2.24) is 0 Å². The highest BCUT2D eigenvalue weighted by Crippen LogP contribution is 2.47. The van der Waals surface area contributed by atoms with E-state index < -0.39 is 0 Å². The molecule has 0 bridgehead atoms. The van der Waals surface area contributed by atoms with Crippen molar-refractivity contribution < 1.29 is 4.74 Å². The SMILES string of the molecule is CC=CCO[C@@H]1CC[C@@H]2CC(C3CCc4cc(C=CC)ccc4C3)CCC2C1. The quantitative estimate of drug-likeness (QED) is 0.501. The van der Waals surface area contributed by atoms with Gasteiger partial charge in [0.15, 0.2) is 0 Å². The van der Waals surface area contributed by atoms with Gasteiger partial charge >= 0.3 is 0 Å². The van der Waals surface area contributed by atoms with Crippen LogP contribution in [0.1, 0.15) is 75.5 Å². The van der Waals surface area contributed by atoms with Gasteiger partial charge in [-0.15, -0.1) is 0 Å². The molecule has 0 aliphatic heterocycles. The van der Waals surface area contributed by atoms with Gasteiger partial charge in [0.1, 0.15) is 0 Å². The molecular weight excluding hydrogens is 340 g/mol. The summed E-state index contributed by atoms with van der Waals surface area (Å²) in [5.41, 5.74) is 4.61. The summed E-state index contributed by atoms with van der Waals surface area (Å²) in [6, 6.07) is 7.15. The maximum absolute atomic E-state index is 6.09. The summed E-state index contributed by atoms with van der Waals surface area (Å²) < 4.78 is 6.09. The van der Waals surface area contributed by atoms with Crippen LogP contribution in [-0.4, -0.2) is 12.7 Å². The van der Waals surface area contributed by atoms with Gasteiger partial charge in [0.2, 0.25) is 0 Å². The third kappa shape index (κ3) is 4.62. The summed E-state index contributed by atoms with van der Waals surface area (Å²) in [5.74, 6) is 3.79. The van der Waals surface area contributed by atoms with Gasteiger partial charge in [0.25, 0.3) is 0 Å². The van der Waals surface area contributed by atoms with E-state index in [-0.39, 0.29) is 0 Å². The van der Waals surface area contributed by atoms with Crippen molar-refractivity contribution in [2.75, 3.05) is 6.61 Å². The normalized spacial score (nSPS) is 33.1. The Morgan fingerprint density at radius 3 is 2.46 bits per heavy atom. The van der Waals surface area contributed by atoms with Crippen LogP contribution in [0.15, 0.2) is 36.4 Å². The van der Waals surface area contributed by atoms with Crippen LogP contribution in [0.2, 0.25) is 0 Å². The van der Waals surface area contributed by atoms with Gasteiger partial charge in [-0.1, -0.05) is 42.5 Å².